The molecule has 3 atom stereocenters. The predicted molar refractivity (Wildman–Crippen MR) is 100.0 cm³/mol. The maximum atomic E-state index is 5.97. The summed E-state index contributed by atoms with van der Waals surface area (Å²) in [5, 5.41) is 3.82. The topological polar surface area (TPSA) is 41.3 Å². The van der Waals surface area contributed by atoms with Gasteiger partial charge in [0, 0.05) is 31.7 Å². The van der Waals surface area contributed by atoms with Gasteiger partial charge in [0.1, 0.15) is 0 Å². The summed E-state index contributed by atoms with van der Waals surface area (Å²) >= 11 is 0. The molecule has 3 N–H and O–H groups in total. The van der Waals surface area contributed by atoms with Gasteiger partial charge in [0.25, 0.3) is 0 Å². The molecule has 2 aliphatic rings. The molecule has 3 rings (SSSR count). The number of fused-ring (bicyclic) bond motifs is 1. The average molecular weight is 318 g/mol. The Morgan fingerprint density at radius 1 is 1.22 bits per heavy atom. The van der Waals surface area contributed by atoms with Gasteiger partial charge in [0.15, 0.2) is 0 Å². The Hall–Kier alpha value is -0.900. The van der Waals surface area contributed by atoms with Crippen molar-refractivity contribution in [1.82, 2.24) is 10.2 Å². The average Bonchev–Trinajstić information content (AvgIpc) is 3.01. The number of rotatable bonds is 5. The second kappa shape index (κ2) is 9.41. The molecule has 0 saturated carbocycles. The van der Waals surface area contributed by atoms with E-state index in [2.05, 4.69) is 41.4 Å². The summed E-state index contributed by atoms with van der Waals surface area (Å²) in [6, 6.07) is 10.0. The molecule has 1 fully saturated rings. The van der Waals surface area contributed by atoms with Gasteiger partial charge in [-0.2, -0.15) is 0 Å². The van der Waals surface area contributed by atoms with E-state index in [1.165, 1.54) is 25.8 Å². The Kier molecular flexibility index (Phi) is 7.54. The molecule has 1 heterocycles. The number of likely N-dealkylation sites (tertiary alicyclic amines) is 1. The Morgan fingerprint density at radius 3 is 2.70 bits per heavy atom. The quantitative estimate of drug-likeness (QED) is 0.876. The van der Waals surface area contributed by atoms with Crippen LogP contribution >= 0.6 is 0 Å². The number of benzene rings is 1. The third-order valence-corrected chi connectivity index (χ3v) is 5.25. The second-order valence-electron chi connectivity index (χ2n) is 6.66. The molecule has 0 amide bonds. The Labute approximate surface area is 142 Å². The fraction of sp³-hybridized carbons (Fsp3) is 0.700. The summed E-state index contributed by atoms with van der Waals surface area (Å²) < 4.78 is 0. The lowest BCUT2D eigenvalue weighted by Crippen LogP contribution is -2.42. The van der Waals surface area contributed by atoms with Crippen LogP contribution in [0.2, 0.25) is 0 Å². The lowest BCUT2D eigenvalue weighted by atomic mass is 9.78. The molecule has 1 saturated heterocycles. The molecular weight excluding hydrogens is 282 g/mol. The summed E-state index contributed by atoms with van der Waals surface area (Å²) in [6.45, 7) is 10.8. The highest BCUT2D eigenvalue weighted by Crippen LogP contribution is 2.33. The van der Waals surface area contributed by atoms with Crippen LogP contribution < -0.4 is 11.1 Å². The van der Waals surface area contributed by atoms with E-state index < -0.39 is 0 Å². The SMILES string of the molecule is CC.CCC1c2ccccc2CCC1NCCN1CCC(N)C1. The van der Waals surface area contributed by atoms with E-state index in [4.69, 9.17) is 5.73 Å². The fourth-order valence-electron chi connectivity index (χ4n) is 4.08. The minimum atomic E-state index is 0.398. The minimum Gasteiger partial charge on any atom is -0.326 e. The lowest BCUT2D eigenvalue weighted by molar-refractivity contribution is 0.305. The largest absolute Gasteiger partial charge is 0.326 e. The van der Waals surface area contributed by atoms with Crippen molar-refractivity contribution >= 4 is 0 Å². The molecule has 3 heteroatoms. The number of nitrogens with two attached hydrogens (primary N) is 1. The molecule has 0 spiro atoms. The lowest BCUT2D eigenvalue weighted by Gasteiger charge is -2.34. The van der Waals surface area contributed by atoms with Gasteiger partial charge in [-0.3, -0.25) is 0 Å². The molecule has 0 bridgehead atoms. The Balaban J connectivity index is 0.000000924. The number of nitrogens with zero attached hydrogens (tertiary/aromatic N) is 1. The van der Waals surface area contributed by atoms with E-state index in [0.717, 1.165) is 26.1 Å². The molecule has 0 radical (unpaired) electrons. The van der Waals surface area contributed by atoms with Crippen LogP contribution in [-0.2, 0) is 6.42 Å². The van der Waals surface area contributed by atoms with Gasteiger partial charge < -0.3 is 16.0 Å². The zero-order valence-electron chi connectivity index (χ0n) is 15.2. The zero-order valence-corrected chi connectivity index (χ0v) is 15.2. The monoisotopic (exact) mass is 317 g/mol. The van der Waals surface area contributed by atoms with E-state index in [1.54, 1.807) is 11.1 Å². The molecule has 3 unspecified atom stereocenters. The molecule has 1 aliphatic heterocycles. The van der Waals surface area contributed by atoms with Crippen molar-refractivity contribution in [2.24, 2.45) is 5.73 Å². The van der Waals surface area contributed by atoms with Crippen LogP contribution in [0.25, 0.3) is 0 Å². The number of hydrogen-bond acceptors (Lipinski definition) is 3. The molecule has 0 aromatic heterocycles. The highest BCUT2D eigenvalue weighted by atomic mass is 15.2. The van der Waals surface area contributed by atoms with Crippen LogP contribution in [0.15, 0.2) is 24.3 Å². The number of aryl methyl sites for hydroxylation is 1. The van der Waals surface area contributed by atoms with Crippen LogP contribution in [0, 0.1) is 0 Å². The third-order valence-electron chi connectivity index (χ3n) is 5.25. The van der Waals surface area contributed by atoms with Gasteiger partial charge in [-0.25, -0.2) is 0 Å². The molecule has 23 heavy (non-hydrogen) atoms. The van der Waals surface area contributed by atoms with E-state index in [-0.39, 0.29) is 0 Å². The minimum absolute atomic E-state index is 0.398. The molecular formula is C20H35N3. The first-order chi connectivity index (χ1) is 11.3. The van der Waals surface area contributed by atoms with E-state index in [0.29, 0.717) is 18.0 Å². The van der Waals surface area contributed by atoms with Crippen LogP contribution in [0.5, 0.6) is 0 Å². The van der Waals surface area contributed by atoms with Crippen molar-refractivity contribution in [3.05, 3.63) is 35.4 Å². The normalized spacial score (nSPS) is 27.2. The molecule has 1 aromatic carbocycles. The fourth-order valence-corrected chi connectivity index (χ4v) is 4.08. The van der Waals surface area contributed by atoms with E-state index >= 15 is 0 Å². The maximum absolute atomic E-state index is 5.97. The smallest absolute Gasteiger partial charge is 0.0180 e. The first kappa shape index (κ1) is 18.4. The second-order valence-corrected chi connectivity index (χ2v) is 6.66. The van der Waals surface area contributed by atoms with Gasteiger partial charge in [0.05, 0.1) is 0 Å². The Bertz CT molecular complexity index is 460. The van der Waals surface area contributed by atoms with Gasteiger partial charge in [-0.15, -0.1) is 0 Å². The maximum Gasteiger partial charge on any atom is 0.0180 e. The summed E-state index contributed by atoms with van der Waals surface area (Å²) in [5.41, 5.74) is 9.11. The number of nitrogens with one attached hydrogen (secondary N) is 1. The van der Waals surface area contributed by atoms with Crippen molar-refractivity contribution in [2.45, 2.75) is 64.5 Å². The van der Waals surface area contributed by atoms with Gasteiger partial charge in [0.2, 0.25) is 0 Å². The van der Waals surface area contributed by atoms with Crippen LogP contribution in [0.4, 0.5) is 0 Å². The molecule has 1 aliphatic carbocycles. The summed E-state index contributed by atoms with van der Waals surface area (Å²) in [5.74, 6) is 0.677. The molecule has 130 valence electrons. The van der Waals surface area contributed by atoms with E-state index in [1.807, 2.05) is 13.8 Å². The predicted octanol–water partition coefficient (Wildman–Crippen LogP) is 3.14. The molecule has 3 nitrogen and oxygen atoms in total. The highest BCUT2D eigenvalue weighted by Gasteiger charge is 2.27. The van der Waals surface area contributed by atoms with E-state index in [9.17, 15) is 0 Å². The van der Waals surface area contributed by atoms with Gasteiger partial charge >= 0.3 is 0 Å². The Morgan fingerprint density at radius 2 is 2.00 bits per heavy atom. The van der Waals surface area contributed by atoms with Crippen molar-refractivity contribution < 1.29 is 0 Å². The third kappa shape index (κ3) is 4.79. The summed E-state index contributed by atoms with van der Waals surface area (Å²) in [4.78, 5) is 2.50. The summed E-state index contributed by atoms with van der Waals surface area (Å²) in [6.07, 6.45) is 4.88. The van der Waals surface area contributed by atoms with Gasteiger partial charge in [-0.05, 0) is 49.3 Å². The standard InChI is InChI=1S/C18H29N3.C2H6/c1-2-16-17-6-4-3-5-14(17)7-8-18(16)20-10-12-21-11-9-15(19)13-21;1-2/h3-6,15-16,18,20H,2,7-13,19H2,1H3;1-2H3. The van der Waals surface area contributed by atoms with Crippen molar-refractivity contribution in [2.75, 3.05) is 26.2 Å². The van der Waals surface area contributed by atoms with Crippen molar-refractivity contribution in [1.29, 1.82) is 0 Å². The summed E-state index contributed by atoms with van der Waals surface area (Å²) in [7, 11) is 0. The van der Waals surface area contributed by atoms with Crippen molar-refractivity contribution in [3.8, 4) is 0 Å². The highest BCUT2D eigenvalue weighted by molar-refractivity contribution is 5.34. The molecule has 1 aromatic rings. The first-order valence-electron chi connectivity index (χ1n) is 9.57. The zero-order chi connectivity index (χ0) is 16.7. The number of hydrogen-bond donors (Lipinski definition) is 2. The van der Waals surface area contributed by atoms with Crippen LogP contribution in [0.1, 0.15) is 57.1 Å². The van der Waals surface area contributed by atoms with Crippen LogP contribution in [0.3, 0.4) is 0 Å². The van der Waals surface area contributed by atoms with Gasteiger partial charge in [-0.1, -0.05) is 45.0 Å². The van der Waals surface area contributed by atoms with Crippen LogP contribution in [-0.4, -0.2) is 43.2 Å². The van der Waals surface area contributed by atoms with Crippen molar-refractivity contribution in [3.63, 3.8) is 0 Å². The first-order valence-corrected chi connectivity index (χ1v) is 9.57.